The Hall–Kier alpha value is -0.790. The molecule has 0 amide bonds. The summed E-state index contributed by atoms with van der Waals surface area (Å²) in [5.74, 6) is -0.0486. The van der Waals surface area contributed by atoms with E-state index in [0.717, 1.165) is 37.7 Å². The van der Waals surface area contributed by atoms with Crippen LogP contribution in [0.3, 0.4) is 0 Å². The molecule has 0 saturated heterocycles. The standard InChI is InChI=1S/C10H14O2/c1-7-3-2-4-9(7)10(11)12-8-5-6-8/h8H,2-6H2,1H3. The molecule has 1 fully saturated rings. The first-order chi connectivity index (χ1) is 5.77. The van der Waals surface area contributed by atoms with E-state index >= 15 is 0 Å². The van der Waals surface area contributed by atoms with E-state index in [1.54, 1.807) is 0 Å². The predicted molar refractivity (Wildman–Crippen MR) is 45.7 cm³/mol. The van der Waals surface area contributed by atoms with Crippen LogP contribution in [0.5, 0.6) is 0 Å². The van der Waals surface area contributed by atoms with Gasteiger partial charge >= 0.3 is 5.97 Å². The predicted octanol–water partition coefficient (Wildman–Crippen LogP) is 2.19. The van der Waals surface area contributed by atoms with Gasteiger partial charge in [-0.2, -0.15) is 0 Å². The molecule has 66 valence electrons. The van der Waals surface area contributed by atoms with Crippen molar-refractivity contribution in [3.8, 4) is 0 Å². The van der Waals surface area contributed by atoms with Crippen LogP contribution in [0.4, 0.5) is 0 Å². The van der Waals surface area contributed by atoms with Crippen molar-refractivity contribution >= 4 is 5.97 Å². The van der Waals surface area contributed by atoms with E-state index in [1.807, 2.05) is 6.92 Å². The second-order valence-corrected chi connectivity index (χ2v) is 3.72. The quantitative estimate of drug-likeness (QED) is 0.588. The zero-order valence-corrected chi connectivity index (χ0v) is 7.43. The van der Waals surface area contributed by atoms with Crippen molar-refractivity contribution in [1.82, 2.24) is 0 Å². The maximum absolute atomic E-state index is 11.4. The van der Waals surface area contributed by atoms with Gasteiger partial charge < -0.3 is 4.74 Å². The van der Waals surface area contributed by atoms with E-state index in [0.29, 0.717) is 0 Å². The van der Waals surface area contributed by atoms with Crippen LogP contribution >= 0.6 is 0 Å². The summed E-state index contributed by atoms with van der Waals surface area (Å²) in [5.41, 5.74) is 2.18. The summed E-state index contributed by atoms with van der Waals surface area (Å²) < 4.78 is 5.22. The first-order valence-corrected chi connectivity index (χ1v) is 4.67. The molecule has 0 unspecified atom stereocenters. The minimum atomic E-state index is -0.0486. The second kappa shape index (κ2) is 2.92. The Balaban J connectivity index is 1.97. The van der Waals surface area contributed by atoms with Crippen molar-refractivity contribution in [2.24, 2.45) is 0 Å². The number of ether oxygens (including phenoxy) is 1. The van der Waals surface area contributed by atoms with Gasteiger partial charge in [-0.05, 0) is 39.0 Å². The minimum absolute atomic E-state index is 0.0486. The molecule has 2 nitrogen and oxygen atoms in total. The third-order valence-electron chi connectivity index (χ3n) is 2.54. The fraction of sp³-hybridized carbons (Fsp3) is 0.700. The van der Waals surface area contributed by atoms with Gasteiger partial charge in [0.2, 0.25) is 0 Å². The highest BCUT2D eigenvalue weighted by Gasteiger charge is 2.28. The van der Waals surface area contributed by atoms with Gasteiger partial charge in [-0.1, -0.05) is 5.57 Å². The Morgan fingerprint density at radius 3 is 2.67 bits per heavy atom. The number of hydrogen-bond donors (Lipinski definition) is 0. The van der Waals surface area contributed by atoms with Crippen LogP contribution in [0.15, 0.2) is 11.1 Å². The monoisotopic (exact) mass is 166 g/mol. The minimum Gasteiger partial charge on any atom is -0.459 e. The molecule has 2 aliphatic carbocycles. The highest BCUT2D eigenvalue weighted by atomic mass is 16.5. The number of allylic oxidation sites excluding steroid dienone is 1. The lowest BCUT2D eigenvalue weighted by Gasteiger charge is -2.03. The summed E-state index contributed by atoms with van der Waals surface area (Å²) in [4.78, 5) is 11.4. The lowest BCUT2D eigenvalue weighted by molar-refractivity contribution is -0.140. The number of carbonyl (C=O) groups excluding carboxylic acids is 1. The molecule has 0 atom stereocenters. The first-order valence-electron chi connectivity index (χ1n) is 4.67. The van der Waals surface area contributed by atoms with Crippen molar-refractivity contribution in [2.75, 3.05) is 0 Å². The average Bonchev–Trinajstić information content (AvgIpc) is 2.72. The number of esters is 1. The molecule has 0 spiro atoms. The molecular weight excluding hydrogens is 152 g/mol. The zero-order chi connectivity index (χ0) is 8.55. The van der Waals surface area contributed by atoms with Crippen LogP contribution in [-0.2, 0) is 9.53 Å². The van der Waals surface area contributed by atoms with Crippen molar-refractivity contribution in [2.45, 2.75) is 45.1 Å². The van der Waals surface area contributed by atoms with Gasteiger partial charge in [-0.3, -0.25) is 0 Å². The van der Waals surface area contributed by atoms with Gasteiger partial charge in [0.05, 0.1) is 0 Å². The molecule has 2 rings (SSSR count). The fourth-order valence-electron chi connectivity index (χ4n) is 1.58. The van der Waals surface area contributed by atoms with Crippen LogP contribution in [0.1, 0.15) is 39.0 Å². The van der Waals surface area contributed by atoms with Crippen molar-refractivity contribution < 1.29 is 9.53 Å². The molecule has 0 heterocycles. The highest BCUT2D eigenvalue weighted by Crippen LogP contribution is 2.30. The van der Waals surface area contributed by atoms with Crippen molar-refractivity contribution in [3.05, 3.63) is 11.1 Å². The van der Waals surface area contributed by atoms with Gasteiger partial charge in [-0.15, -0.1) is 0 Å². The van der Waals surface area contributed by atoms with Gasteiger partial charge in [0, 0.05) is 5.57 Å². The molecule has 0 aromatic carbocycles. The molecule has 0 radical (unpaired) electrons. The van der Waals surface area contributed by atoms with Crippen LogP contribution in [0.2, 0.25) is 0 Å². The van der Waals surface area contributed by atoms with E-state index < -0.39 is 0 Å². The van der Waals surface area contributed by atoms with E-state index in [2.05, 4.69) is 0 Å². The topological polar surface area (TPSA) is 26.3 Å². The smallest absolute Gasteiger partial charge is 0.334 e. The van der Waals surface area contributed by atoms with Gasteiger partial charge in [0.25, 0.3) is 0 Å². The molecule has 12 heavy (non-hydrogen) atoms. The summed E-state index contributed by atoms with van der Waals surface area (Å²) in [6.45, 7) is 2.04. The Morgan fingerprint density at radius 1 is 1.42 bits per heavy atom. The molecule has 0 aromatic rings. The van der Waals surface area contributed by atoms with Gasteiger partial charge in [0.1, 0.15) is 6.10 Å². The molecule has 0 aromatic heterocycles. The van der Waals surface area contributed by atoms with Gasteiger partial charge in [0.15, 0.2) is 0 Å². The molecule has 0 aliphatic heterocycles. The molecule has 2 aliphatic rings. The maximum atomic E-state index is 11.4. The molecule has 0 N–H and O–H groups in total. The molecular formula is C10H14O2. The lowest BCUT2D eigenvalue weighted by Crippen LogP contribution is -2.08. The zero-order valence-electron chi connectivity index (χ0n) is 7.43. The van der Waals surface area contributed by atoms with E-state index in [1.165, 1.54) is 5.57 Å². The first kappa shape index (κ1) is 7.84. The normalized spacial score (nSPS) is 23.1. The summed E-state index contributed by atoms with van der Waals surface area (Å²) >= 11 is 0. The lowest BCUT2D eigenvalue weighted by atomic mass is 10.2. The highest BCUT2D eigenvalue weighted by molar-refractivity contribution is 5.90. The SMILES string of the molecule is CC1=C(C(=O)OC2CC2)CCC1. The van der Waals surface area contributed by atoms with Crippen LogP contribution < -0.4 is 0 Å². The van der Waals surface area contributed by atoms with E-state index in [-0.39, 0.29) is 12.1 Å². The Morgan fingerprint density at radius 2 is 2.17 bits per heavy atom. The van der Waals surface area contributed by atoms with Crippen molar-refractivity contribution in [3.63, 3.8) is 0 Å². The number of hydrogen-bond acceptors (Lipinski definition) is 2. The molecule has 1 saturated carbocycles. The summed E-state index contributed by atoms with van der Waals surface area (Å²) in [5, 5.41) is 0. The Kier molecular flexibility index (Phi) is 1.91. The van der Waals surface area contributed by atoms with Gasteiger partial charge in [-0.25, -0.2) is 4.79 Å². The van der Waals surface area contributed by atoms with E-state index in [9.17, 15) is 4.79 Å². The van der Waals surface area contributed by atoms with Crippen LogP contribution in [0, 0.1) is 0 Å². The summed E-state index contributed by atoms with van der Waals surface area (Å²) in [6, 6.07) is 0. The fourth-order valence-corrected chi connectivity index (χ4v) is 1.58. The van der Waals surface area contributed by atoms with E-state index in [4.69, 9.17) is 4.74 Å². The van der Waals surface area contributed by atoms with Crippen molar-refractivity contribution in [1.29, 1.82) is 0 Å². The summed E-state index contributed by atoms with van der Waals surface area (Å²) in [7, 11) is 0. The third kappa shape index (κ3) is 1.52. The third-order valence-corrected chi connectivity index (χ3v) is 2.54. The number of rotatable bonds is 2. The molecule has 0 bridgehead atoms. The Labute approximate surface area is 72.6 Å². The second-order valence-electron chi connectivity index (χ2n) is 3.72. The Bertz CT molecular complexity index is 236. The maximum Gasteiger partial charge on any atom is 0.334 e. The molecule has 2 heteroatoms. The summed E-state index contributed by atoms with van der Waals surface area (Å²) in [6.07, 6.45) is 5.52. The largest absolute Gasteiger partial charge is 0.459 e. The number of carbonyl (C=O) groups is 1. The van der Waals surface area contributed by atoms with Crippen LogP contribution in [-0.4, -0.2) is 12.1 Å². The van der Waals surface area contributed by atoms with Crippen LogP contribution in [0.25, 0.3) is 0 Å². The average molecular weight is 166 g/mol.